The maximum Gasteiger partial charge on any atom is 0.0158 e. The summed E-state index contributed by atoms with van der Waals surface area (Å²) in [5, 5.41) is 2.61. The number of fused-ring (bicyclic) bond motifs is 1. The van der Waals surface area contributed by atoms with Crippen molar-refractivity contribution in [2.24, 2.45) is 0 Å². The molecule has 0 aromatic heterocycles. The highest BCUT2D eigenvalue weighted by Gasteiger charge is 1.94. The summed E-state index contributed by atoms with van der Waals surface area (Å²) < 4.78 is 0. The third-order valence-corrected chi connectivity index (χ3v) is 3.08. The predicted molar refractivity (Wildman–Crippen MR) is 64.9 cm³/mol. The first kappa shape index (κ1) is 9.35. The van der Waals surface area contributed by atoms with Gasteiger partial charge in [0.15, 0.2) is 0 Å². The molecule has 2 aromatic carbocycles. The maximum atomic E-state index is 3.72. The van der Waals surface area contributed by atoms with Gasteiger partial charge in [0, 0.05) is 10.6 Å². The zero-order valence-corrected chi connectivity index (χ0v) is 8.76. The summed E-state index contributed by atoms with van der Waals surface area (Å²) in [5.41, 5.74) is 0. The molecule has 0 N–H and O–H groups in total. The van der Waals surface area contributed by atoms with Gasteiger partial charge >= 0.3 is 0 Å². The van der Waals surface area contributed by atoms with Crippen molar-refractivity contribution in [3.63, 3.8) is 0 Å². The Morgan fingerprint density at radius 3 is 2.64 bits per heavy atom. The van der Waals surface area contributed by atoms with Gasteiger partial charge < -0.3 is 0 Å². The van der Waals surface area contributed by atoms with Crippen molar-refractivity contribution >= 4 is 22.5 Å². The monoisotopic (exact) mass is 200 g/mol. The van der Waals surface area contributed by atoms with Crippen molar-refractivity contribution < 1.29 is 0 Å². The molecule has 2 rings (SSSR count). The second-order valence-corrected chi connectivity index (χ2v) is 4.20. The van der Waals surface area contributed by atoms with Gasteiger partial charge in [-0.15, -0.1) is 18.3 Å². The fourth-order valence-corrected chi connectivity index (χ4v) is 2.10. The van der Waals surface area contributed by atoms with E-state index in [0.717, 1.165) is 5.75 Å². The third-order valence-electron chi connectivity index (χ3n) is 2.09. The van der Waals surface area contributed by atoms with Crippen molar-refractivity contribution in [2.75, 3.05) is 5.75 Å². The molecule has 0 nitrogen and oxygen atoms in total. The lowest BCUT2D eigenvalue weighted by Crippen LogP contribution is -1.75. The van der Waals surface area contributed by atoms with E-state index in [2.05, 4.69) is 49.0 Å². The Morgan fingerprint density at radius 1 is 1.07 bits per heavy atom. The number of thioether (sulfide) groups is 1. The minimum Gasteiger partial charge on any atom is -0.122 e. The van der Waals surface area contributed by atoms with E-state index in [4.69, 9.17) is 0 Å². The van der Waals surface area contributed by atoms with Crippen LogP contribution in [0.2, 0.25) is 0 Å². The molecule has 0 aliphatic carbocycles. The lowest BCUT2D eigenvalue weighted by Gasteiger charge is -2.01. The molecule has 0 saturated carbocycles. The van der Waals surface area contributed by atoms with Crippen LogP contribution in [0.1, 0.15) is 0 Å². The van der Waals surface area contributed by atoms with Crippen LogP contribution in [0.25, 0.3) is 10.8 Å². The average Bonchev–Trinajstić information content (AvgIpc) is 2.26. The molecule has 0 amide bonds. The van der Waals surface area contributed by atoms with Gasteiger partial charge in [0.05, 0.1) is 0 Å². The highest BCUT2D eigenvalue weighted by atomic mass is 32.2. The zero-order valence-electron chi connectivity index (χ0n) is 7.94. The third kappa shape index (κ3) is 1.99. The quantitative estimate of drug-likeness (QED) is 0.530. The highest BCUT2D eigenvalue weighted by molar-refractivity contribution is 7.99. The summed E-state index contributed by atoms with van der Waals surface area (Å²) >= 11 is 1.82. The number of hydrogen-bond donors (Lipinski definition) is 0. The smallest absolute Gasteiger partial charge is 0.0158 e. The van der Waals surface area contributed by atoms with E-state index in [9.17, 15) is 0 Å². The lowest BCUT2D eigenvalue weighted by atomic mass is 10.1. The van der Waals surface area contributed by atoms with E-state index in [1.807, 2.05) is 17.8 Å². The van der Waals surface area contributed by atoms with Crippen molar-refractivity contribution in [2.45, 2.75) is 4.90 Å². The summed E-state index contributed by atoms with van der Waals surface area (Å²) in [6.07, 6.45) is 1.93. The van der Waals surface area contributed by atoms with E-state index in [1.54, 1.807) is 0 Å². The fourth-order valence-electron chi connectivity index (χ4n) is 1.41. The van der Waals surface area contributed by atoms with Gasteiger partial charge in [-0.3, -0.25) is 0 Å². The fraction of sp³-hybridized carbons (Fsp3) is 0.0769. The van der Waals surface area contributed by atoms with Crippen LogP contribution in [0.3, 0.4) is 0 Å². The normalized spacial score (nSPS) is 10.3. The van der Waals surface area contributed by atoms with Crippen molar-refractivity contribution in [1.82, 2.24) is 0 Å². The Kier molecular flexibility index (Phi) is 2.90. The van der Waals surface area contributed by atoms with Crippen LogP contribution in [0.15, 0.2) is 60.0 Å². The molecule has 0 bridgehead atoms. The van der Waals surface area contributed by atoms with Crippen LogP contribution in [0.5, 0.6) is 0 Å². The Morgan fingerprint density at radius 2 is 1.86 bits per heavy atom. The molecule has 70 valence electrons. The van der Waals surface area contributed by atoms with E-state index in [-0.39, 0.29) is 0 Å². The van der Waals surface area contributed by atoms with Gasteiger partial charge in [0.1, 0.15) is 0 Å². The van der Waals surface area contributed by atoms with Gasteiger partial charge in [-0.1, -0.05) is 36.4 Å². The van der Waals surface area contributed by atoms with Gasteiger partial charge in [0.2, 0.25) is 0 Å². The van der Waals surface area contributed by atoms with Crippen LogP contribution in [-0.2, 0) is 0 Å². The standard InChI is InChI=1S/C13H12S/c1-2-9-14-13-8-7-11-5-3-4-6-12(11)10-13/h2-8,10H,1,9H2. The molecule has 0 radical (unpaired) electrons. The molecule has 0 aliphatic rings. The SMILES string of the molecule is C=CCSc1ccc2ccccc2c1. The van der Waals surface area contributed by atoms with E-state index in [0.29, 0.717) is 0 Å². The summed E-state index contributed by atoms with van der Waals surface area (Å²) in [6.45, 7) is 3.72. The van der Waals surface area contributed by atoms with E-state index < -0.39 is 0 Å². The van der Waals surface area contributed by atoms with Gasteiger partial charge in [-0.2, -0.15) is 0 Å². The molecule has 2 aromatic rings. The Hall–Kier alpha value is -1.21. The maximum absolute atomic E-state index is 3.72. The van der Waals surface area contributed by atoms with Crippen LogP contribution in [0.4, 0.5) is 0 Å². The second kappa shape index (κ2) is 4.34. The van der Waals surface area contributed by atoms with Gasteiger partial charge in [0.25, 0.3) is 0 Å². The van der Waals surface area contributed by atoms with Crippen LogP contribution in [0, 0.1) is 0 Å². The largest absolute Gasteiger partial charge is 0.122 e. The second-order valence-electron chi connectivity index (χ2n) is 3.11. The van der Waals surface area contributed by atoms with Crippen molar-refractivity contribution in [3.8, 4) is 0 Å². The first-order valence-electron chi connectivity index (χ1n) is 4.62. The predicted octanol–water partition coefficient (Wildman–Crippen LogP) is 4.12. The molecule has 0 saturated heterocycles. The van der Waals surface area contributed by atoms with Crippen molar-refractivity contribution in [3.05, 3.63) is 55.1 Å². The van der Waals surface area contributed by atoms with E-state index in [1.165, 1.54) is 15.7 Å². The molecule has 0 atom stereocenters. The first-order valence-corrected chi connectivity index (χ1v) is 5.61. The molecule has 0 aliphatic heterocycles. The lowest BCUT2D eigenvalue weighted by molar-refractivity contribution is 1.50. The summed E-state index contributed by atoms with van der Waals surface area (Å²) in [6, 6.07) is 15.0. The average molecular weight is 200 g/mol. The van der Waals surface area contributed by atoms with Gasteiger partial charge in [-0.05, 0) is 22.9 Å². The molecular formula is C13H12S. The van der Waals surface area contributed by atoms with Crippen LogP contribution in [-0.4, -0.2) is 5.75 Å². The molecule has 0 heterocycles. The molecule has 0 unspecified atom stereocenters. The minimum absolute atomic E-state index is 0.971. The van der Waals surface area contributed by atoms with Gasteiger partial charge in [-0.25, -0.2) is 0 Å². The molecular weight excluding hydrogens is 188 g/mol. The number of hydrogen-bond acceptors (Lipinski definition) is 1. The van der Waals surface area contributed by atoms with Crippen LogP contribution < -0.4 is 0 Å². The summed E-state index contributed by atoms with van der Waals surface area (Å²) in [5.74, 6) is 0.971. The Labute approximate surface area is 88.6 Å². The highest BCUT2D eigenvalue weighted by Crippen LogP contribution is 2.23. The number of benzene rings is 2. The Bertz CT molecular complexity index is 446. The van der Waals surface area contributed by atoms with Crippen LogP contribution >= 0.6 is 11.8 Å². The Balaban J connectivity index is 2.36. The molecule has 0 spiro atoms. The molecule has 0 fully saturated rings. The van der Waals surface area contributed by atoms with Crippen molar-refractivity contribution in [1.29, 1.82) is 0 Å². The minimum atomic E-state index is 0.971. The topological polar surface area (TPSA) is 0 Å². The number of rotatable bonds is 3. The molecule has 1 heteroatoms. The van der Waals surface area contributed by atoms with E-state index >= 15 is 0 Å². The zero-order chi connectivity index (χ0) is 9.80. The summed E-state index contributed by atoms with van der Waals surface area (Å²) in [7, 11) is 0. The molecule has 14 heavy (non-hydrogen) atoms. The summed E-state index contributed by atoms with van der Waals surface area (Å²) in [4.78, 5) is 1.31. The first-order chi connectivity index (χ1) is 6.90.